The fraction of sp³-hybridized carbons (Fsp3) is 0.312. The van der Waals surface area contributed by atoms with Crippen LogP contribution in [0.15, 0.2) is 146 Å². The maximum atomic E-state index is 2.55. The lowest BCUT2D eigenvalue weighted by Gasteiger charge is -2.39. The third-order valence-electron chi connectivity index (χ3n) is 14.8. The van der Waals surface area contributed by atoms with Crippen LogP contribution in [0, 0.1) is 0 Å². The Balaban J connectivity index is 1.40. The molecule has 1 heteroatoms. The molecule has 0 saturated heterocycles. The Morgan fingerprint density at radius 1 is 0.323 bits per heavy atom. The van der Waals surface area contributed by atoms with Crippen molar-refractivity contribution < 1.29 is 4.48 Å². The zero-order valence-electron chi connectivity index (χ0n) is 41.1. The lowest BCUT2D eigenvalue weighted by molar-refractivity contribution is -0.977. The summed E-state index contributed by atoms with van der Waals surface area (Å²) >= 11 is 0. The first kappa shape index (κ1) is 43.1. The van der Waals surface area contributed by atoms with Crippen molar-refractivity contribution in [2.45, 2.75) is 131 Å². The molecule has 1 nitrogen and oxygen atoms in total. The molecule has 2 aliphatic heterocycles. The van der Waals surface area contributed by atoms with Gasteiger partial charge in [0.2, 0.25) is 0 Å². The van der Waals surface area contributed by atoms with E-state index in [0.717, 1.165) is 30.7 Å². The van der Waals surface area contributed by atoms with Crippen LogP contribution >= 0.6 is 0 Å². The highest BCUT2D eigenvalue weighted by molar-refractivity contribution is 6.12. The monoisotopic (exact) mass is 851 g/mol. The highest BCUT2D eigenvalue weighted by Gasteiger charge is 2.41. The van der Waals surface area contributed by atoms with Crippen molar-refractivity contribution >= 4 is 21.5 Å². The summed E-state index contributed by atoms with van der Waals surface area (Å²) in [6, 6.07) is 57.3. The van der Waals surface area contributed by atoms with E-state index in [-0.39, 0.29) is 21.7 Å². The number of hydrogen-bond donors (Lipinski definition) is 0. The minimum absolute atomic E-state index is 0.0129. The summed E-state index contributed by atoms with van der Waals surface area (Å²) in [7, 11) is 0. The number of benzene rings is 8. The summed E-state index contributed by atoms with van der Waals surface area (Å²) in [5.74, 6) is 0. The molecule has 10 rings (SSSR count). The molecule has 2 aliphatic rings. The van der Waals surface area contributed by atoms with E-state index in [0.29, 0.717) is 0 Å². The Morgan fingerprint density at radius 2 is 0.646 bits per heavy atom. The highest BCUT2D eigenvalue weighted by Crippen LogP contribution is 2.53. The summed E-state index contributed by atoms with van der Waals surface area (Å²) < 4.78 is 0.890. The topological polar surface area (TPSA) is 0 Å². The molecule has 0 radical (unpaired) electrons. The molecule has 2 heterocycles. The van der Waals surface area contributed by atoms with Gasteiger partial charge in [0.05, 0.1) is 0 Å². The van der Waals surface area contributed by atoms with Crippen LogP contribution in [0.3, 0.4) is 0 Å². The van der Waals surface area contributed by atoms with Crippen molar-refractivity contribution in [3.05, 3.63) is 190 Å². The zero-order chi connectivity index (χ0) is 45.8. The molecule has 0 bridgehead atoms. The van der Waals surface area contributed by atoms with Crippen LogP contribution in [0.1, 0.15) is 128 Å². The first-order chi connectivity index (χ1) is 30.7. The van der Waals surface area contributed by atoms with Crippen molar-refractivity contribution in [3.8, 4) is 44.5 Å². The van der Waals surface area contributed by atoms with E-state index < -0.39 is 0 Å². The molecule has 0 saturated carbocycles. The Labute approximate surface area is 389 Å². The molecular formula is C64H68N+. The van der Waals surface area contributed by atoms with Crippen molar-refractivity contribution in [3.63, 3.8) is 0 Å². The largest absolute Gasteiger partial charge is 0.309 e. The van der Waals surface area contributed by atoms with E-state index in [1.165, 1.54) is 111 Å². The van der Waals surface area contributed by atoms with Gasteiger partial charge in [0, 0.05) is 33.4 Å². The Bertz CT molecular complexity index is 2900. The zero-order valence-corrected chi connectivity index (χ0v) is 41.1. The molecule has 1 spiro atoms. The average Bonchev–Trinajstić information content (AvgIpc) is 3.49. The van der Waals surface area contributed by atoms with Gasteiger partial charge < -0.3 is 4.48 Å². The van der Waals surface area contributed by atoms with Crippen molar-refractivity contribution in [1.29, 1.82) is 0 Å². The molecule has 0 aromatic heterocycles. The first-order valence-corrected chi connectivity index (χ1v) is 24.1. The second kappa shape index (κ2) is 15.1. The first-order valence-electron chi connectivity index (χ1n) is 24.1. The predicted molar refractivity (Wildman–Crippen MR) is 280 cm³/mol. The Kier molecular flexibility index (Phi) is 10.1. The fourth-order valence-corrected chi connectivity index (χ4v) is 11.1. The Hall–Kier alpha value is -5.76. The van der Waals surface area contributed by atoms with E-state index in [9.17, 15) is 0 Å². The Morgan fingerprint density at radius 3 is 1.00 bits per heavy atom. The molecule has 8 aromatic carbocycles. The maximum Gasteiger partial charge on any atom is 0.106 e. The van der Waals surface area contributed by atoms with Gasteiger partial charge in [-0.2, -0.15) is 0 Å². The molecule has 0 aliphatic carbocycles. The summed E-state index contributed by atoms with van der Waals surface area (Å²) in [4.78, 5) is 0. The molecule has 0 unspecified atom stereocenters. The normalized spacial score (nSPS) is 15.0. The van der Waals surface area contributed by atoms with Gasteiger partial charge in [-0.05, 0) is 111 Å². The van der Waals surface area contributed by atoms with E-state index in [4.69, 9.17) is 0 Å². The molecule has 0 fully saturated rings. The fourth-order valence-electron chi connectivity index (χ4n) is 11.1. The second-order valence-electron chi connectivity index (χ2n) is 23.9. The summed E-state index contributed by atoms with van der Waals surface area (Å²) in [6.45, 7) is 32.1. The predicted octanol–water partition coefficient (Wildman–Crippen LogP) is 17.4. The summed E-state index contributed by atoms with van der Waals surface area (Å²) in [6.07, 6.45) is 0. The number of quaternary nitrogens is 1. The molecule has 0 atom stereocenters. The highest BCUT2D eigenvalue weighted by atomic mass is 15.4. The number of rotatable bonds is 2. The van der Waals surface area contributed by atoms with Gasteiger partial charge in [-0.3, -0.25) is 0 Å². The standard InChI is InChI=1S/C64H68N/c1-61(2,3)47-29-45(30-48(35-47)62(4,5)6)55-33-41-21-13-19-27-53(41)59-57(55)39-65(37-43-23-15-17-25-51(43)52-26-18-16-24-44(52)38-65)40-58-56(34-42-22-14-20-28-54(42)60(58)59)46-31-49(63(7,8)9)36-50(32-46)64(10,11)12/h13-36H,37-40H2,1-12H3/q+1. The van der Waals surface area contributed by atoms with Gasteiger partial charge in [-0.25, -0.2) is 0 Å². The molecule has 0 N–H and O–H groups in total. The van der Waals surface area contributed by atoms with Crippen LogP contribution in [-0.2, 0) is 47.8 Å². The second-order valence-corrected chi connectivity index (χ2v) is 23.9. The lowest BCUT2D eigenvalue weighted by atomic mass is 9.76. The molecule has 0 amide bonds. The van der Waals surface area contributed by atoms with Gasteiger partial charge >= 0.3 is 0 Å². The van der Waals surface area contributed by atoms with E-state index in [1.807, 2.05) is 0 Å². The van der Waals surface area contributed by atoms with Gasteiger partial charge in [-0.1, -0.05) is 217 Å². The van der Waals surface area contributed by atoms with Crippen LogP contribution in [0.2, 0.25) is 0 Å². The van der Waals surface area contributed by atoms with Gasteiger partial charge in [-0.15, -0.1) is 0 Å². The van der Waals surface area contributed by atoms with Crippen LogP contribution in [0.25, 0.3) is 66.1 Å². The van der Waals surface area contributed by atoms with Crippen LogP contribution < -0.4 is 0 Å². The SMILES string of the molecule is CC(C)(C)c1cc(-c2cc3ccccc3c3c2C[N+]2(Cc4ccccc4-c4ccccc4C2)Cc2c(-c4cc(C(C)(C)C)cc(C(C)(C)C)c4)cc4ccccc4c2-3)cc(C(C)(C)C)c1. The number of hydrogen-bond acceptors (Lipinski definition) is 0. The maximum absolute atomic E-state index is 2.55. The summed E-state index contributed by atoms with van der Waals surface area (Å²) in [5, 5.41) is 5.27. The van der Waals surface area contributed by atoms with Gasteiger partial charge in [0.1, 0.15) is 26.2 Å². The van der Waals surface area contributed by atoms with Crippen LogP contribution in [0.4, 0.5) is 0 Å². The lowest BCUT2D eigenvalue weighted by Crippen LogP contribution is -2.44. The van der Waals surface area contributed by atoms with Crippen molar-refractivity contribution in [2.75, 3.05) is 0 Å². The molecule has 8 aromatic rings. The van der Waals surface area contributed by atoms with E-state index >= 15 is 0 Å². The minimum atomic E-state index is -0.0129. The minimum Gasteiger partial charge on any atom is -0.309 e. The number of fused-ring (bicyclic) bond motifs is 10. The third-order valence-corrected chi connectivity index (χ3v) is 14.8. The van der Waals surface area contributed by atoms with E-state index in [1.54, 1.807) is 0 Å². The average molecular weight is 851 g/mol. The summed E-state index contributed by atoms with van der Waals surface area (Å²) in [5.41, 5.74) is 22.3. The molecule has 65 heavy (non-hydrogen) atoms. The molecular weight excluding hydrogens is 783 g/mol. The van der Waals surface area contributed by atoms with Crippen LogP contribution in [0.5, 0.6) is 0 Å². The van der Waals surface area contributed by atoms with Crippen molar-refractivity contribution in [1.82, 2.24) is 0 Å². The molecule has 328 valence electrons. The van der Waals surface area contributed by atoms with Gasteiger partial charge in [0.15, 0.2) is 0 Å². The third kappa shape index (κ3) is 7.74. The van der Waals surface area contributed by atoms with Crippen LogP contribution in [-0.4, -0.2) is 4.48 Å². The van der Waals surface area contributed by atoms with E-state index in [2.05, 4.69) is 229 Å². The smallest absolute Gasteiger partial charge is 0.106 e. The number of nitrogens with zero attached hydrogens (tertiary/aromatic N) is 1. The quantitative estimate of drug-likeness (QED) is 0.152. The van der Waals surface area contributed by atoms with Gasteiger partial charge in [0.25, 0.3) is 0 Å². The van der Waals surface area contributed by atoms with Crippen molar-refractivity contribution in [2.24, 2.45) is 0 Å².